The van der Waals surface area contributed by atoms with Gasteiger partial charge in [-0.3, -0.25) is 9.59 Å². The predicted molar refractivity (Wildman–Crippen MR) is 141 cm³/mol. The van der Waals surface area contributed by atoms with Gasteiger partial charge in [0.05, 0.1) is 23.9 Å². The Kier molecular flexibility index (Phi) is 6.96. The Morgan fingerprint density at radius 2 is 1.86 bits per heavy atom. The molecule has 5 rings (SSSR count). The molecule has 1 amide bonds. The lowest BCUT2D eigenvalue weighted by Gasteiger charge is -2.11. The van der Waals surface area contributed by atoms with E-state index in [1.807, 2.05) is 24.3 Å². The second-order valence-corrected chi connectivity index (χ2v) is 9.35. The summed E-state index contributed by atoms with van der Waals surface area (Å²) in [5, 5.41) is 4.23. The molecule has 0 radical (unpaired) electrons. The number of Topliss-reactive ketones (excluding diaryl/α,β-unsaturated/α-hetero) is 1. The van der Waals surface area contributed by atoms with Crippen molar-refractivity contribution in [2.75, 3.05) is 18.9 Å². The maximum atomic E-state index is 12.9. The number of hydrogen-bond donors (Lipinski definition) is 2. The summed E-state index contributed by atoms with van der Waals surface area (Å²) in [6.07, 6.45) is 4.89. The van der Waals surface area contributed by atoms with Gasteiger partial charge in [0, 0.05) is 34.9 Å². The molecule has 1 aromatic heterocycles. The Balaban J connectivity index is 1.23. The highest BCUT2D eigenvalue weighted by atomic mass is 35.5. The minimum atomic E-state index is -0.318. The van der Waals surface area contributed by atoms with E-state index in [4.69, 9.17) is 26.5 Å². The standard InChI is InChI=1S/C29H27ClN2O4/c30-23-13-12-19(16-24(23)31)25(33)17-32-29(34)20-7-2-1-6-18(20)14-15-35-27-11-5-9-22-21-8-3-4-10-26(21)36-28(22)27/h1-2,5-7,9,11-13,16H,3-4,8,10,14-15,17,31H2,(H,32,34). The van der Waals surface area contributed by atoms with E-state index in [0.717, 1.165) is 47.3 Å². The number of rotatable bonds is 8. The van der Waals surface area contributed by atoms with Crippen molar-refractivity contribution in [3.05, 3.63) is 93.7 Å². The van der Waals surface area contributed by atoms with Crippen LogP contribution in [0.15, 0.2) is 65.1 Å². The number of nitrogens with one attached hydrogen (secondary N) is 1. The fourth-order valence-corrected chi connectivity index (χ4v) is 4.79. The highest BCUT2D eigenvalue weighted by molar-refractivity contribution is 6.33. The zero-order valence-electron chi connectivity index (χ0n) is 19.8. The number of carbonyl (C=O) groups is 2. The summed E-state index contributed by atoms with van der Waals surface area (Å²) in [5.41, 5.74) is 9.96. The number of carbonyl (C=O) groups excluding carboxylic acids is 2. The van der Waals surface area contributed by atoms with E-state index >= 15 is 0 Å². The van der Waals surface area contributed by atoms with Crippen molar-refractivity contribution in [3.63, 3.8) is 0 Å². The Labute approximate surface area is 214 Å². The van der Waals surface area contributed by atoms with Crippen molar-refractivity contribution >= 4 is 39.9 Å². The molecule has 1 aliphatic rings. The second-order valence-electron chi connectivity index (χ2n) is 8.94. The van der Waals surface area contributed by atoms with Crippen molar-refractivity contribution in [1.82, 2.24) is 5.32 Å². The van der Waals surface area contributed by atoms with Crippen LogP contribution in [0.25, 0.3) is 11.0 Å². The molecule has 3 aromatic carbocycles. The van der Waals surface area contributed by atoms with E-state index in [0.29, 0.717) is 34.9 Å². The largest absolute Gasteiger partial charge is 0.489 e. The van der Waals surface area contributed by atoms with Crippen LogP contribution in [0, 0.1) is 0 Å². The first-order chi connectivity index (χ1) is 17.5. The summed E-state index contributed by atoms with van der Waals surface area (Å²) in [6, 6.07) is 18.0. The molecule has 184 valence electrons. The Hall–Kier alpha value is -3.77. The highest BCUT2D eigenvalue weighted by Gasteiger charge is 2.20. The van der Waals surface area contributed by atoms with Gasteiger partial charge in [-0.1, -0.05) is 41.9 Å². The number of nitrogen functional groups attached to an aromatic ring is 1. The van der Waals surface area contributed by atoms with E-state index in [1.54, 1.807) is 24.3 Å². The average Bonchev–Trinajstić information content (AvgIpc) is 3.28. The molecular weight excluding hydrogens is 476 g/mol. The van der Waals surface area contributed by atoms with Crippen molar-refractivity contribution in [1.29, 1.82) is 0 Å². The molecule has 1 heterocycles. The maximum Gasteiger partial charge on any atom is 0.251 e. The maximum absolute atomic E-state index is 12.9. The first-order valence-corrected chi connectivity index (χ1v) is 12.5. The van der Waals surface area contributed by atoms with Crippen LogP contribution in [0.3, 0.4) is 0 Å². The molecule has 0 aliphatic heterocycles. The van der Waals surface area contributed by atoms with Crippen LogP contribution in [-0.4, -0.2) is 24.8 Å². The Morgan fingerprint density at radius 1 is 1.03 bits per heavy atom. The third-order valence-corrected chi connectivity index (χ3v) is 6.91. The monoisotopic (exact) mass is 502 g/mol. The number of ketones is 1. The number of aryl methyl sites for hydroxylation is 2. The molecule has 0 fully saturated rings. The van der Waals surface area contributed by atoms with Gasteiger partial charge in [-0.2, -0.15) is 0 Å². The number of fused-ring (bicyclic) bond motifs is 3. The van der Waals surface area contributed by atoms with Crippen molar-refractivity contribution in [2.24, 2.45) is 0 Å². The fourth-order valence-electron chi connectivity index (χ4n) is 4.68. The number of hydrogen-bond acceptors (Lipinski definition) is 5. The smallest absolute Gasteiger partial charge is 0.251 e. The summed E-state index contributed by atoms with van der Waals surface area (Å²) in [6.45, 7) is 0.244. The number of furan rings is 1. The van der Waals surface area contributed by atoms with Gasteiger partial charge in [0.25, 0.3) is 5.91 Å². The normalized spacial score (nSPS) is 12.8. The number of nitrogens with two attached hydrogens (primary N) is 1. The molecule has 0 atom stereocenters. The van der Waals surface area contributed by atoms with Crippen LogP contribution < -0.4 is 15.8 Å². The summed E-state index contributed by atoms with van der Waals surface area (Å²) < 4.78 is 12.3. The number of ether oxygens (including phenoxy) is 1. The summed E-state index contributed by atoms with van der Waals surface area (Å²) in [7, 11) is 0. The van der Waals surface area contributed by atoms with Gasteiger partial charge < -0.3 is 20.2 Å². The number of para-hydroxylation sites is 1. The van der Waals surface area contributed by atoms with Crippen molar-refractivity contribution in [3.8, 4) is 5.75 Å². The van der Waals surface area contributed by atoms with E-state index in [9.17, 15) is 9.59 Å². The van der Waals surface area contributed by atoms with Crippen LogP contribution in [0.1, 0.15) is 50.4 Å². The minimum Gasteiger partial charge on any atom is -0.489 e. The molecule has 7 heteroatoms. The molecule has 3 N–H and O–H groups in total. The summed E-state index contributed by atoms with van der Waals surface area (Å²) >= 11 is 5.92. The summed E-state index contributed by atoms with van der Waals surface area (Å²) in [5.74, 6) is 1.23. The van der Waals surface area contributed by atoms with Gasteiger partial charge in [0.2, 0.25) is 0 Å². The highest BCUT2D eigenvalue weighted by Crippen LogP contribution is 2.36. The van der Waals surface area contributed by atoms with E-state index in [2.05, 4.69) is 11.4 Å². The first-order valence-electron chi connectivity index (χ1n) is 12.1. The lowest BCUT2D eigenvalue weighted by atomic mass is 9.96. The lowest BCUT2D eigenvalue weighted by Crippen LogP contribution is -2.30. The van der Waals surface area contributed by atoms with Crippen LogP contribution in [0.4, 0.5) is 5.69 Å². The third kappa shape index (κ3) is 4.95. The molecule has 6 nitrogen and oxygen atoms in total. The zero-order valence-corrected chi connectivity index (χ0v) is 20.6. The van der Waals surface area contributed by atoms with Crippen molar-refractivity contribution < 1.29 is 18.7 Å². The van der Waals surface area contributed by atoms with Crippen LogP contribution in [-0.2, 0) is 19.3 Å². The quantitative estimate of drug-likeness (QED) is 0.235. The van der Waals surface area contributed by atoms with Crippen LogP contribution >= 0.6 is 11.6 Å². The fraction of sp³-hybridized carbons (Fsp3) is 0.241. The SMILES string of the molecule is Nc1cc(C(=O)CNC(=O)c2ccccc2CCOc2cccc3c4c(oc23)CCCC4)ccc1Cl. The molecule has 36 heavy (non-hydrogen) atoms. The molecule has 0 unspecified atom stereocenters. The van der Waals surface area contributed by atoms with Gasteiger partial charge in [-0.25, -0.2) is 0 Å². The topological polar surface area (TPSA) is 94.6 Å². The van der Waals surface area contributed by atoms with E-state index in [1.165, 1.54) is 18.1 Å². The van der Waals surface area contributed by atoms with E-state index < -0.39 is 0 Å². The van der Waals surface area contributed by atoms with Crippen LogP contribution in [0.5, 0.6) is 5.75 Å². The van der Waals surface area contributed by atoms with Gasteiger partial charge >= 0.3 is 0 Å². The molecule has 0 bridgehead atoms. The number of halogens is 1. The number of benzene rings is 3. The second kappa shape index (κ2) is 10.5. The van der Waals surface area contributed by atoms with Gasteiger partial charge in [0.15, 0.2) is 17.1 Å². The number of anilines is 1. The summed E-state index contributed by atoms with van der Waals surface area (Å²) in [4.78, 5) is 25.4. The predicted octanol–water partition coefficient (Wildman–Crippen LogP) is 5.78. The minimum absolute atomic E-state index is 0.143. The van der Waals surface area contributed by atoms with Crippen molar-refractivity contribution in [2.45, 2.75) is 32.1 Å². The molecule has 0 spiro atoms. The lowest BCUT2D eigenvalue weighted by molar-refractivity contribution is 0.0903. The van der Waals surface area contributed by atoms with E-state index in [-0.39, 0.29) is 18.2 Å². The first kappa shape index (κ1) is 23.9. The molecular formula is C29H27ClN2O4. The molecule has 0 saturated carbocycles. The van der Waals surface area contributed by atoms with Gasteiger partial charge in [-0.05, 0) is 55.2 Å². The molecule has 1 aliphatic carbocycles. The Bertz CT molecular complexity index is 1440. The average molecular weight is 503 g/mol. The third-order valence-electron chi connectivity index (χ3n) is 6.56. The zero-order chi connectivity index (χ0) is 25.1. The molecule has 0 saturated heterocycles. The Morgan fingerprint density at radius 3 is 2.72 bits per heavy atom. The number of amides is 1. The van der Waals surface area contributed by atoms with Crippen LogP contribution in [0.2, 0.25) is 5.02 Å². The molecule has 4 aromatic rings. The van der Waals surface area contributed by atoms with Gasteiger partial charge in [-0.15, -0.1) is 0 Å². The van der Waals surface area contributed by atoms with Gasteiger partial charge in [0.1, 0.15) is 5.76 Å².